The van der Waals surface area contributed by atoms with Gasteiger partial charge < -0.3 is 15.6 Å². The lowest BCUT2D eigenvalue weighted by molar-refractivity contribution is -0.142. The number of carboxylic acids is 1. The molecular weight excluding hydrogens is 194 g/mol. The van der Waals surface area contributed by atoms with E-state index in [9.17, 15) is 4.79 Å². The van der Waals surface area contributed by atoms with Gasteiger partial charge in [-0.15, -0.1) is 0 Å². The van der Waals surface area contributed by atoms with Crippen LogP contribution in [0.25, 0.3) is 0 Å². The monoisotopic (exact) mass is 209 g/mol. The molecule has 3 N–H and O–H groups in total. The molecule has 0 heterocycles. The molecule has 0 aliphatic heterocycles. The lowest BCUT2D eigenvalue weighted by atomic mass is 10.2. The Morgan fingerprint density at radius 1 is 1.47 bits per heavy atom. The van der Waals surface area contributed by atoms with Gasteiger partial charge in [0.05, 0.1) is 12.7 Å². The first-order valence-electron chi connectivity index (χ1n) is 4.75. The standard InChI is InChI=1S/C11H15NO3/c1-8(10(12)11(13)14)15-7-9-5-3-2-4-6-9/h2-6,8,10H,7,12H2,1H3,(H,13,14)/t8-,10-/m1/s1. The summed E-state index contributed by atoms with van der Waals surface area (Å²) in [4.78, 5) is 10.5. The van der Waals surface area contributed by atoms with Crippen LogP contribution in [0.4, 0.5) is 0 Å². The van der Waals surface area contributed by atoms with E-state index < -0.39 is 18.1 Å². The number of carboxylic acid groups (broad SMARTS) is 1. The van der Waals surface area contributed by atoms with Crippen molar-refractivity contribution < 1.29 is 14.6 Å². The van der Waals surface area contributed by atoms with Crippen molar-refractivity contribution in [2.24, 2.45) is 5.73 Å². The van der Waals surface area contributed by atoms with Gasteiger partial charge in [0.15, 0.2) is 0 Å². The third kappa shape index (κ3) is 3.69. The van der Waals surface area contributed by atoms with Crippen molar-refractivity contribution in [3.63, 3.8) is 0 Å². The lowest BCUT2D eigenvalue weighted by Crippen LogP contribution is -2.41. The zero-order chi connectivity index (χ0) is 11.3. The summed E-state index contributed by atoms with van der Waals surface area (Å²) in [7, 11) is 0. The van der Waals surface area contributed by atoms with Crippen molar-refractivity contribution in [2.45, 2.75) is 25.7 Å². The Balaban J connectivity index is 2.41. The molecule has 4 nitrogen and oxygen atoms in total. The molecule has 15 heavy (non-hydrogen) atoms. The van der Waals surface area contributed by atoms with Crippen LogP contribution in [-0.2, 0) is 16.1 Å². The molecule has 0 fully saturated rings. The molecule has 1 rings (SSSR count). The van der Waals surface area contributed by atoms with Crippen LogP contribution in [0.1, 0.15) is 12.5 Å². The molecule has 0 radical (unpaired) electrons. The van der Waals surface area contributed by atoms with Crippen LogP contribution < -0.4 is 5.73 Å². The predicted molar refractivity (Wildman–Crippen MR) is 56.3 cm³/mol. The fourth-order valence-electron chi connectivity index (χ4n) is 1.11. The molecule has 0 unspecified atom stereocenters. The van der Waals surface area contributed by atoms with E-state index >= 15 is 0 Å². The van der Waals surface area contributed by atoms with Crippen molar-refractivity contribution >= 4 is 5.97 Å². The van der Waals surface area contributed by atoms with Gasteiger partial charge in [0.1, 0.15) is 6.04 Å². The number of ether oxygens (including phenoxy) is 1. The topological polar surface area (TPSA) is 72.5 Å². The van der Waals surface area contributed by atoms with Crippen molar-refractivity contribution in [3.8, 4) is 0 Å². The summed E-state index contributed by atoms with van der Waals surface area (Å²) < 4.78 is 5.35. The average molecular weight is 209 g/mol. The number of rotatable bonds is 5. The highest BCUT2D eigenvalue weighted by Gasteiger charge is 2.20. The molecule has 0 saturated carbocycles. The highest BCUT2D eigenvalue weighted by molar-refractivity contribution is 5.73. The summed E-state index contributed by atoms with van der Waals surface area (Å²) in [6, 6.07) is 8.57. The lowest BCUT2D eigenvalue weighted by Gasteiger charge is -2.16. The Morgan fingerprint density at radius 3 is 2.60 bits per heavy atom. The van der Waals surface area contributed by atoms with Crippen LogP contribution in [0, 0.1) is 0 Å². The highest BCUT2D eigenvalue weighted by Crippen LogP contribution is 2.05. The first-order chi connectivity index (χ1) is 7.11. The van der Waals surface area contributed by atoms with Crippen molar-refractivity contribution in [3.05, 3.63) is 35.9 Å². The van der Waals surface area contributed by atoms with Gasteiger partial charge in [-0.25, -0.2) is 0 Å². The van der Waals surface area contributed by atoms with E-state index in [0.717, 1.165) is 5.56 Å². The van der Waals surface area contributed by atoms with E-state index in [1.165, 1.54) is 0 Å². The van der Waals surface area contributed by atoms with E-state index in [1.54, 1.807) is 6.92 Å². The van der Waals surface area contributed by atoms with Gasteiger partial charge >= 0.3 is 5.97 Å². The van der Waals surface area contributed by atoms with E-state index in [0.29, 0.717) is 6.61 Å². The van der Waals surface area contributed by atoms with Gasteiger partial charge in [0.2, 0.25) is 0 Å². The molecule has 0 saturated heterocycles. The summed E-state index contributed by atoms with van der Waals surface area (Å²) in [6.07, 6.45) is -0.497. The van der Waals surface area contributed by atoms with E-state index in [-0.39, 0.29) is 0 Å². The van der Waals surface area contributed by atoms with Crippen LogP contribution in [0.5, 0.6) is 0 Å². The molecule has 82 valence electrons. The van der Waals surface area contributed by atoms with Gasteiger partial charge in [0, 0.05) is 0 Å². The van der Waals surface area contributed by atoms with Crippen molar-refractivity contribution in [2.75, 3.05) is 0 Å². The minimum Gasteiger partial charge on any atom is -0.480 e. The highest BCUT2D eigenvalue weighted by atomic mass is 16.5. The number of benzene rings is 1. The molecular formula is C11H15NO3. The molecule has 0 aliphatic carbocycles. The Hall–Kier alpha value is -1.39. The summed E-state index contributed by atoms with van der Waals surface area (Å²) in [6.45, 7) is 2.03. The quantitative estimate of drug-likeness (QED) is 0.759. The maximum absolute atomic E-state index is 10.5. The van der Waals surface area contributed by atoms with E-state index in [4.69, 9.17) is 15.6 Å². The van der Waals surface area contributed by atoms with Crippen LogP contribution in [0.15, 0.2) is 30.3 Å². The normalized spacial score (nSPS) is 14.5. The Morgan fingerprint density at radius 2 is 2.07 bits per heavy atom. The Kier molecular flexibility index (Phi) is 4.27. The molecule has 0 aliphatic rings. The Labute approximate surface area is 88.7 Å². The largest absolute Gasteiger partial charge is 0.480 e. The van der Waals surface area contributed by atoms with Gasteiger partial charge in [-0.2, -0.15) is 0 Å². The second-order valence-electron chi connectivity index (χ2n) is 3.37. The van der Waals surface area contributed by atoms with Crippen LogP contribution >= 0.6 is 0 Å². The van der Waals surface area contributed by atoms with Crippen molar-refractivity contribution in [1.29, 1.82) is 0 Å². The maximum atomic E-state index is 10.5. The van der Waals surface area contributed by atoms with Crippen LogP contribution in [-0.4, -0.2) is 23.2 Å². The number of nitrogens with two attached hydrogens (primary N) is 1. The maximum Gasteiger partial charge on any atom is 0.323 e. The van der Waals surface area contributed by atoms with Crippen LogP contribution in [0.2, 0.25) is 0 Å². The minimum absolute atomic E-state index is 0.378. The summed E-state index contributed by atoms with van der Waals surface area (Å²) in [5.74, 6) is -1.05. The van der Waals surface area contributed by atoms with Gasteiger partial charge in [-0.3, -0.25) is 4.79 Å². The zero-order valence-corrected chi connectivity index (χ0v) is 8.59. The molecule has 1 aromatic carbocycles. The molecule has 1 aromatic rings. The molecule has 0 amide bonds. The fraction of sp³-hybridized carbons (Fsp3) is 0.364. The molecule has 4 heteroatoms. The number of carbonyl (C=O) groups is 1. The first kappa shape index (κ1) is 11.7. The molecule has 0 bridgehead atoms. The van der Waals surface area contributed by atoms with Gasteiger partial charge in [0.25, 0.3) is 0 Å². The smallest absolute Gasteiger partial charge is 0.323 e. The fourth-order valence-corrected chi connectivity index (χ4v) is 1.11. The first-order valence-corrected chi connectivity index (χ1v) is 4.75. The van der Waals surface area contributed by atoms with E-state index in [1.807, 2.05) is 30.3 Å². The average Bonchev–Trinajstić information content (AvgIpc) is 2.26. The van der Waals surface area contributed by atoms with E-state index in [2.05, 4.69) is 0 Å². The predicted octanol–water partition coefficient (Wildman–Crippen LogP) is 1.00. The molecule has 2 atom stereocenters. The third-order valence-electron chi connectivity index (χ3n) is 2.15. The molecule has 0 aromatic heterocycles. The SMILES string of the molecule is C[C@@H](OCc1ccccc1)[C@@H](N)C(=O)O. The summed E-state index contributed by atoms with van der Waals surface area (Å²) in [5.41, 5.74) is 6.40. The summed E-state index contributed by atoms with van der Waals surface area (Å²) >= 11 is 0. The second-order valence-corrected chi connectivity index (χ2v) is 3.37. The number of aliphatic carboxylic acids is 1. The third-order valence-corrected chi connectivity index (χ3v) is 2.15. The van der Waals surface area contributed by atoms with Gasteiger partial charge in [-0.05, 0) is 12.5 Å². The number of hydrogen-bond acceptors (Lipinski definition) is 3. The zero-order valence-electron chi connectivity index (χ0n) is 8.59. The molecule has 0 spiro atoms. The second kappa shape index (κ2) is 5.48. The number of hydrogen-bond donors (Lipinski definition) is 2. The minimum atomic E-state index is -1.05. The van der Waals surface area contributed by atoms with Gasteiger partial charge in [-0.1, -0.05) is 30.3 Å². The van der Waals surface area contributed by atoms with Crippen LogP contribution in [0.3, 0.4) is 0 Å². The summed E-state index contributed by atoms with van der Waals surface area (Å²) in [5, 5.41) is 8.64. The van der Waals surface area contributed by atoms with Crippen molar-refractivity contribution in [1.82, 2.24) is 0 Å². The Bertz CT molecular complexity index is 313.